The van der Waals surface area contributed by atoms with Gasteiger partial charge in [-0.1, -0.05) is 6.07 Å². The zero-order valence-corrected chi connectivity index (χ0v) is 8.42. The normalized spacial score (nSPS) is 13.7. The molecular weight excluding hydrogens is 192 g/mol. The molecule has 3 rings (SSSR count). The highest BCUT2D eigenvalue weighted by atomic mass is 32.2. The largest absolute Gasteiger partial charge is 0.329 e. The third-order valence-electron chi connectivity index (χ3n) is 2.41. The monoisotopic (exact) mass is 202 g/mol. The van der Waals surface area contributed by atoms with Gasteiger partial charge in [0.1, 0.15) is 0 Å². The van der Waals surface area contributed by atoms with Gasteiger partial charge in [0.05, 0.1) is 5.69 Å². The van der Waals surface area contributed by atoms with Gasteiger partial charge in [0.25, 0.3) is 0 Å². The van der Waals surface area contributed by atoms with E-state index in [-0.39, 0.29) is 0 Å². The van der Waals surface area contributed by atoms with Crippen molar-refractivity contribution in [2.24, 2.45) is 0 Å². The van der Waals surface area contributed by atoms with Crippen LogP contribution >= 0.6 is 11.9 Å². The molecule has 1 N–H and O–H groups in total. The fourth-order valence-corrected chi connectivity index (χ4v) is 2.47. The number of nitrogens with one attached hydrogen (secondary N) is 1. The van der Waals surface area contributed by atoms with E-state index in [0.29, 0.717) is 0 Å². The molecule has 0 radical (unpaired) electrons. The zero-order valence-electron chi connectivity index (χ0n) is 7.60. The van der Waals surface area contributed by atoms with Crippen molar-refractivity contribution >= 4 is 17.6 Å². The van der Waals surface area contributed by atoms with Crippen LogP contribution in [0.15, 0.2) is 42.7 Å². The SMILES string of the molecule is c1ccn(-c2ccc3c(c2)NSC3)c1. The van der Waals surface area contributed by atoms with Gasteiger partial charge in [0.2, 0.25) is 0 Å². The first-order chi connectivity index (χ1) is 6.93. The molecule has 14 heavy (non-hydrogen) atoms. The summed E-state index contributed by atoms with van der Waals surface area (Å²) in [5, 5.41) is 0. The molecule has 0 spiro atoms. The van der Waals surface area contributed by atoms with E-state index in [1.807, 2.05) is 12.1 Å². The van der Waals surface area contributed by atoms with Crippen LogP contribution < -0.4 is 4.72 Å². The van der Waals surface area contributed by atoms with Crippen LogP contribution in [-0.4, -0.2) is 4.57 Å². The first-order valence-corrected chi connectivity index (χ1v) is 5.56. The molecule has 0 atom stereocenters. The van der Waals surface area contributed by atoms with Gasteiger partial charge in [-0.3, -0.25) is 0 Å². The molecule has 1 aliphatic rings. The summed E-state index contributed by atoms with van der Waals surface area (Å²) >= 11 is 1.75. The minimum absolute atomic E-state index is 1.07. The van der Waals surface area contributed by atoms with Crippen LogP contribution in [0.25, 0.3) is 5.69 Å². The Morgan fingerprint density at radius 3 is 2.93 bits per heavy atom. The maximum atomic E-state index is 3.31. The van der Waals surface area contributed by atoms with E-state index in [1.54, 1.807) is 11.9 Å². The number of fused-ring (bicyclic) bond motifs is 1. The third kappa shape index (κ3) is 1.21. The summed E-state index contributed by atoms with van der Waals surface area (Å²) < 4.78 is 5.42. The molecule has 2 nitrogen and oxygen atoms in total. The van der Waals surface area contributed by atoms with Crippen LogP contribution in [0.5, 0.6) is 0 Å². The molecule has 2 heterocycles. The van der Waals surface area contributed by atoms with E-state index in [9.17, 15) is 0 Å². The Labute approximate surface area is 87.1 Å². The van der Waals surface area contributed by atoms with E-state index >= 15 is 0 Å². The molecule has 2 aromatic rings. The number of hydrogen-bond donors (Lipinski definition) is 1. The van der Waals surface area contributed by atoms with Crippen molar-refractivity contribution in [1.29, 1.82) is 0 Å². The van der Waals surface area contributed by atoms with Gasteiger partial charge in [0, 0.05) is 23.8 Å². The Bertz CT molecular complexity index is 448. The van der Waals surface area contributed by atoms with Gasteiger partial charge >= 0.3 is 0 Å². The molecule has 0 aliphatic carbocycles. The highest BCUT2D eigenvalue weighted by Gasteiger charge is 2.10. The summed E-state index contributed by atoms with van der Waals surface area (Å²) in [7, 11) is 0. The van der Waals surface area contributed by atoms with Crippen molar-refractivity contribution in [3.05, 3.63) is 48.3 Å². The lowest BCUT2D eigenvalue weighted by atomic mass is 10.2. The first kappa shape index (κ1) is 8.00. The number of anilines is 1. The summed E-state index contributed by atoms with van der Waals surface area (Å²) in [6.45, 7) is 0. The van der Waals surface area contributed by atoms with Crippen LogP contribution in [0.4, 0.5) is 5.69 Å². The van der Waals surface area contributed by atoms with Crippen LogP contribution in [0.1, 0.15) is 5.56 Å². The van der Waals surface area contributed by atoms with E-state index in [0.717, 1.165) is 5.75 Å². The van der Waals surface area contributed by atoms with Crippen molar-refractivity contribution < 1.29 is 0 Å². The van der Waals surface area contributed by atoms with Gasteiger partial charge in [0.15, 0.2) is 0 Å². The number of nitrogens with zero attached hydrogens (tertiary/aromatic N) is 1. The molecule has 0 saturated heterocycles. The lowest BCUT2D eigenvalue weighted by Gasteiger charge is -2.05. The second kappa shape index (κ2) is 3.10. The Balaban J connectivity index is 2.09. The second-order valence-corrected chi connectivity index (χ2v) is 4.10. The molecule has 0 unspecified atom stereocenters. The van der Waals surface area contributed by atoms with Crippen LogP contribution in [0.3, 0.4) is 0 Å². The fraction of sp³-hybridized carbons (Fsp3) is 0.0909. The average Bonchev–Trinajstić information content (AvgIpc) is 2.88. The second-order valence-electron chi connectivity index (χ2n) is 3.32. The highest BCUT2D eigenvalue weighted by Crippen LogP contribution is 2.32. The highest BCUT2D eigenvalue weighted by molar-refractivity contribution is 8.00. The molecule has 0 fully saturated rings. The Morgan fingerprint density at radius 1 is 1.21 bits per heavy atom. The predicted octanol–water partition coefficient (Wildman–Crippen LogP) is 3.05. The van der Waals surface area contributed by atoms with Crippen LogP contribution in [-0.2, 0) is 5.75 Å². The average molecular weight is 202 g/mol. The van der Waals surface area contributed by atoms with E-state index in [2.05, 4.69) is 39.9 Å². The summed E-state index contributed by atoms with van der Waals surface area (Å²) in [5.74, 6) is 1.07. The first-order valence-electron chi connectivity index (χ1n) is 4.57. The molecule has 0 saturated carbocycles. The quantitative estimate of drug-likeness (QED) is 0.716. The lowest BCUT2D eigenvalue weighted by Crippen LogP contribution is -1.90. The molecule has 1 aromatic heterocycles. The van der Waals surface area contributed by atoms with Crippen molar-refractivity contribution in [2.45, 2.75) is 5.75 Å². The standard InChI is InChI=1S/C11H10N2S/c1-2-6-13(5-1)10-4-3-9-8-14-12-11(9)7-10/h1-7,12H,8H2. The van der Waals surface area contributed by atoms with Gasteiger partial charge in [-0.2, -0.15) is 0 Å². The maximum absolute atomic E-state index is 3.31. The molecule has 1 aromatic carbocycles. The van der Waals surface area contributed by atoms with Crippen LogP contribution in [0.2, 0.25) is 0 Å². The van der Waals surface area contributed by atoms with Crippen LogP contribution in [0, 0.1) is 0 Å². The zero-order chi connectivity index (χ0) is 9.38. The molecule has 0 amide bonds. The third-order valence-corrected chi connectivity index (χ3v) is 3.23. The van der Waals surface area contributed by atoms with E-state index in [4.69, 9.17) is 0 Å². The predicted molar refractivity (Wildman–Crippen MR) is 60.7 cm³/mol. The number of hydrogen-bond acceptors (Lipinski definition) is 2. The molecule has 1 aliphatic heterocycles. The van der Waals surface area contributed by atoms with Crippen molar-refractivity contribution in [3.63, 3.8) is 0 Å². The fourth-order valence-electron chi connectivity index (χ4n) is 1.64. The molecule has 3 heteroatoms. The van der Waals surface area contributed by atoms with Gasteiger partial charge < -0.3 is 9.29 Å². The van der Waals surface area contributed by atoms with E-state index < -0.39 is 0 Å². The van der Waals surface area contributed by atoms with Gasteiger partial charge in [-0.25, -0.2) is 0 Å². The molecular formula is C11H10N2S. The summed E-state index contributed by atoms with van der Waals surface area (Å²) in [4.78, 5) is 0. The minimum atomic E-state index is 1.07. The molecule has 70 valence electrons. The topological polar surface area (TPSA) is 17.0 Å². The Kier molecular flexibility index (Phi) is 1.77. The summed E-state index contributed by atoms with van der Waals surface area (Å²) in [6, 6.07) is 10.6. The molecule has 0 bridgehead atoms. The number of aromatic nitrogens is 1. The Hall–Kier alpha value is -1.35. The Morgan fingerprint density at radius 2 is 2.07 bits per heavy atom. The van der Waals surface area contributed by atoms with Crippen molar-refractivity contribution in [1.82, 2.24) is 4.57 Å². The summed E-state index contributed by atoms with van der Waals surface area (Å²) in [6.07, 6.45) is 4.12. The van der Waals surface area contributed by atoms with Crippen molar-refractivity contribution in [3.8, 4) is 5.69 Å². The van der Waals surface area contributed by atoms with Gasteiger partial charge in [-0.15, -0.1) is 0 Å². The lowest BCUT2D eigenvalue weighted by molar-refractivity contribution is 1.08. The minimum Gasteiger partial charge on any atom is -0.329 e. The van der Waals surface area contributed by atoms with E-state index in [1.165, 1.54) is 16.9 Å². The van der Waals surface area contributed by atoms with Gasteiger partial charge in [-0.05, 0) is 41.8 Å². The number of benzene rings is 1. The summed E-state index contributed by atoms with van der Waals surface area (Å²) in [5.41, 5.74) is 3.86. The smallest absolute Gasteiger partial charge is 0.0502 e. The maximum Gasteiger partial charge on any atom is 0.0502 e. The van der Waals surface area contributed by atoms with Crippen molar-refractivity contribution in [2.75, 3.05) is 4.72 Å². The number of rotatable bonds is 1.